The van der Waals surface area contributed by atoms with Crippen LogP contribution in [0, 0.1) is 11.8 Å². The van der Waals surface area contributed by atoms with Gasteiger partial charge in [-0.2, -0.15) is 0 Å². The van der Waals surface area contributed by atoms with E-state index < -0.39 is 11.9 Å². The number of carboxylic acid groups (broad SMARTS) is 2. The van der Waals surface area contributed by atoms with Crippen LogP contribution < -0.4 is 11.5 Å². The Bertz CT molecular complexity index is 478. The molecule has 0 heterocycles. The summed E-state index contributed by atoms with van der Waals surface area (Å²) in [5, 5.41) is 17.2. The predicted octanol–water partition coefficient (Wildman–Crippen LogP) is 3.60. The minimum atomic E-state index is -0.772. The van der Waals surface area contributed by atoms with Gasteiger partial charge in [0, 0.05) is 24.7 Å². The molecule has 0 saturated heterocycles. The molecule has 0 aliphatic heterocycles. The van der Waals surface area contributed by atoms with E-state index in [9.17, 15) is 19.2 Å². The maximum absolute atomic E-state index is 11.7. The van der Waals surface area contributed by atoms with Crippen LogP contribution in [0.5, 0.6) is 0 Å². The Kier molecular flexibility index (Phi) is 16.5. The molecule has 2 unspecified atom stereocenters. The van der Waals surface area contributed by atoms with Gasteiger partial charge in [-0.15, -0.1) is 0 Å². The first-order valence-electron chi connectivity index (χ1n) is 11.3. The van der Waals surface area contributed by atoms with Gasteiger partial charge < -0.3 is 21.7 Å². The van der Waals surface area contributed by atoms with E-state index in [-0.39, 0.29) is 36.5 Å². The zero-order valence-corrected chi connectivity index (χ0v) is 18.2. The third-order valence-corrected chi connectivity index (χ3v) is 5.55. The molecule has 0 aromatic heterocycles. The van der Waals surface area contributed by atoms with E-state index in [1.807, 2.05) is 0 Å². The lowest BCUT2D eigenvalue weighted by Gasteiger charge is -2.17. The van der Waals surface area contributed by atoms with Crippen molar-refractivity contribution < 1.29 is 29.4 Å². The molecule has 0 saturated carbocycles. The summed E-state index contributed by atoms with van der Waals surface area (Å²) < 4.78 is 0. The van der Waals surface area contributed by atoms with E-state index >= 15 is 0 Å². The maximum atomic E-state index is 11.7. The summed E-state index contributed by atoms with van der Waals surface area (Å²) in [7, 11) is 0. The van der Waals surface area contributed by atoms with Gasteiger partial charge in [0.25, 0.3) is 0 Å². The molecule has 0 fully saturated rings. The summed E-state index contributed by atoms with van der Waals surface area (Å²) >= 11 is 0. The van der Waals surface area contributed by atoms with Crippen LogP contribution in [0.4, 0.5) is 0 Å². The van der Waals surface area contributed by atoms with Gasteiger partial charge in [-0.25, -0.2) is 0 Å². The van der Waals surface area contributed by atoms with Gasteiger partial charge in [0.05, 0.1) is 0 Å². The van der Waals surface area contributed by atoms with E-state index in [0.29, 0.717) is 38.5 Å². The highest BCUT2D eigenvalue weighted by Crippen LogP contribution is 2.23. The molecule has 0 bridgehead atoms. The van der Waals surface area contributed by atoms with Crippen LogP contribution in [0.3, 0.4) is 0 Å². The van der Waals surface area contributed by atoms with Crippen molar-refractivity contribution in [1.29, 1.82) is 0 Å². The van der Waals surface area contributed by atoms with Crippen molar-refractivity contribution in [2.24, 2.45) is 23.3 Å². The molecule has 0 radical (unpaired) electrons. The predicted molar refractivity (Wildman–Crippen MR) is 115 cm³/mol. The highest BCUT2D eigenvalue weighted by atomic mass is 16.4. The van der Waals surface area contributed by atoms with E-state index in [4.69, 9.17) is 21.7 Å². The molecule has 2 atom stereocenters. The largest absolute Gasteiger partial charge is 0.481 e. The Morgan fingerprint density at radius 3 is 1.10 bits per heavy atom. The Morgan fingerprint density at radius 1 is 0.500 bits per heavy atom. The number of aliphatic carboxylic acids is 2. The summed E-state index contributed by atoms with van der Waals surface area (Å²) in [6, 6.07) is 0. The van der Waals surface area contributed by atoms with Crippen LogP contribution in [0.15, 0.2) is 0 Å². The average molecular weight is 429 g/mol. The Balaban J connectivity index is 4.05. The molecule has 0 aromatic rings. The van der Waals surface area contributed by atoms with Gasteiger partial charge in [0.2, 0.25) is 11.8 Å². The van der Waals surface area contributed by atoms with Crippen LogP contribution in [-0.2, 0) is 19.2 Å². The number of unbranched alkanes of at least 4 members (excludes halogenated alkanes) is 8. The van der Waals surface area contributed by atoms with Gasteiger partial charge >= 0.3 is 11.9 Å². The van der Waals surface area contributed by atoms with Crippen molar-refractivity contribution >= 4 is 23.8 Å². The number of hydrogen-bond acceptors (Lipinski definition) is 4. The zero-order chi connectivity index (χ0) is 22.8. The number of carbonyl (C=O) groups excluding carboxylic acids is 2. The number of rotatable bonds is 21. The fraction of sp³-hybridized carbons (Fsp3) is 0.818. The van der Waals surface area contributed by atoms with E-state index in [1.165, 1.54) is 0 Å². The van der Waals surface area contributed by atoms with Gasteiger partial charge in [-0.05, 0) is 38.5 Å². The highest BCUT2D eigenvalue weighted by Gasteiger charge is 2.20. The maximum Gasteiger partial charge on any atom is 0.303 e. The van der Waals surface area contributed by atoms with Crippen molar-refractivity contribution in [2.75, 3.05) is 0 Å². The number of nitrogens with two attached hydrogens (primary N) is 2. The molecule has 2 amide bonds. The monoisotopic (exact) mass is 428 g/mol. The molecular formula is C22H40N2O6. The average Bonchev–Trinajstić information content (AvgIpc) is 2.65. The Labute approximate surface area is 179 Å². The van der Waals surface area contributed by atoms with Crippen LogP contribution >= 0.6 is 0 Å². The Morgan fingerprint density at radius 2 is 0.800 bits per heavy atom. The first-order chi connectivity index (χ1) is 14.2. The summed E-state index contributed by atoms with van der Waals surface area (Å²) in [6.45, 7) is 0. The van der Waals surface area contributed by atoms with E-state index in [2.05, 4.69) is 0 Å². The molecular weight excluding hydrogens is 388 g/mol. The molecule has 30 heavy (non-hydrogen) atoms. The van der Waals surface area contributed by atoms with Gasteiger partial charge in [-0.3, -0.25) is 19.2 Å². The van der Waals surface area contributed by atoms with E-state index in [1.54, 1.807) is 0 Å². The van der Waals surface area contributed by atoms with Crippen molar-refractivity contribution in [3.05, 3.63) is 0 Å². The summed E-state index contributed by atoms with van der Waals surface area (Å²) in [4.78, 5) is 44.4. The van der Waals surface area contributed by atoms with Crippen molar-refractivity contribution in [3.8, 4) is 0 Å². The summed E-state index contributed by atoms with van der Waals surface area (Å²) in [6.07, 6.45) is 11.4. The van der Waals surface area contributed by atoms with Crippen LogP contribution in [0.25, 0.3) is 0 Å². The molecule has 8 nitrogen and oxygen atoms in total. The number of carbonyl (C=O) groups is 4. The molecule has 0 aromatic carbocycles. The Hall–Kier alpha value is -2.12. The fourth-order valence-electron chi connectivity index (χ4n) is 3.65. The van der Waals surface area contributed by atoms with Crippen molar-refractivity contribution in [1.82, 2.24) is 0 Å². The number of hydrogen-bond donors (Lipinski definition) is 4. The number of carboxylic acids is 2. The van der Waals surface area contributed by atoms with Gasteiger partial charge in [0.15, 0.2) is 0 Å². The fourth-order valence-corrected chi connectivity index (χ4v) is 3.65. The third kappa shape index (κ3) is 16.8. The lowest BCUT2D eigenvalue weighted by atomic mass is 9.88. The minimum Gasteiger partial charge on any atom is -0.481 e. The first kappa shape index (κ1) is 27.9. The van der Waals surface area contributed by atoms with Gasteiger partial charge in [0.1, 0.15) is 0 Å². The summed E-state index contributed by atoms with van der Waals surface area (Å²) in [5.41, 5.74) is 11.0. The van der Waals surface area contributed by atoms with Crippen LogP contribution in [-0.4, -0.2) is 34.0 Å². The lowest BCUT2D eigenvalue weighted by Crippen LogP contribution is -2.27. The quantitative estimate of drug-likeness (QED) is 0.204. The standard InChI is InChI=1S/C22H40N2O6/c23-21(29)17(11-7-3-1-5-9-13-19(25)26)15-16-18(22(24)30)12-8-4-2-6-10-14-20(27)28/h17-18H,1-16H2,(H2,23,29)(H2,24,30)(H,25,26)(H,27,28). The summed E-state index contributed by atoms with van der Waals surface area (Å²) in [5.74, 6) is -2.76. The minimum absolute atomic E-state index is 0.195. The van der Waals surface area contributed by atoms with Crippen molar-refractivity contribution in [2.45, 2.75) is 103 Å². The molecule has 8 heteroatoms. The highest BCUT2D eigenvalue weighted by molar-refractivity contribution is 5.78. The zero-order valence-electron chi connectivity index (χ0n) is 18.2. The SMILES string of the molecule is NC(=O)C(CCCCCCCC(=O)O)CCC(CCCCCCCC(=O)O)C(N)=O. The molecule has 174 valence electrons. The molecule has 0 rings (SSSR count). The topological polar surface area (TPSA) is 161 Å². The second-order valence-electron chi connectivity index (χ2n) is 8.18. The van der Waals surface area contributed by atoms with Crippen molar-refractivity contribution in [3.63, 3.8) is 0 Å². The molecule has 0 aliphatic rings. The smallest absolute Gasteiger partial charge is 0.303 e. The first-order valence-corrected chi connectivity index (χ1v) is 11.3. The second kappa shape index (κ2) is 17.7. The molecule has 0 spiro atoms. The lowest BCUT2D eigenvalue weighted by molar-refractivity contribution is -0.138. The van der Waals surface area contributed by atoms with Gasteiger partial charge in [-0.1, -0.05) is 51.4 Å². The second-order valence-corrected chi connectivity index (χ2v) is 8.18. The van der Waals surface area contributed by atoms with Crippen LogP contribution in [0.2, 0.25) is 0 Å². The van der Waals surface area contributed by atoms with Crippen LogP contribution in [0.1, 0.15) is 103 Å². The third-order valence-electron chi connectivity index (χ3n) is 5.55. The van der Waals surface area contributed by atoms with E-state index in [0.717, 1.165) is 51.4 Å². The normalized spacial score (nSPS) is 12.9. The number of primary amides is 2. The molecule has 0 aliphatic carbocycles. The number of amides is 2. The molecule has 6 N–H and O–H groups in total.